The van der Waals surface area contributed by atoms with E-state index in [0.29, 0.717) is 12.0 Å². The minimum atomic E-state index is 0.414. The minimum Gasteiger partial charge on any atom is -0.381 e. The van der Waals surface area contributed by atoms with Gasteiger partial charge in [0.15, 0.2) is 0 Å². The molecule has 1 fully saturated rings. The van der Waals surface area contributed by atoms with Crippen molar-refractivity contribution in [3.8, 4) is 0 Å². The molecule has 2 unspecified atom stereocenters. The topological polar surface area (TPSA) is 24.5 Å². The standard InChI is InChI=1S/C15H24N2O/c1-4-16-15(13-8-9-18-11-13)12-6-5-7-14(10-12)17(2)3/h5-7,10,13,15-16H,4,8-9,11H2,1-3H3. The molecule has 0 saturated carbocycles. The quantitative estimate of drug-likeness (QED) is 0.866. The molecule has 0 bridgehead atoms. The van der Waals surface area contributed by atoms with Crippen molar-refractivity contribution in [2.75, 3.05) is 38.8 Å². The molecule has 1 heterocycles. The highest BCUT2D eigenvalue weighted by Crippen LogP contribution is 2.30. The zero-order valence-electron chi connectivity index (χ0n) is 11.6. The van der Waals surface area contributed by atoms with E-state index in [-0.39, 0.29) is 0 Å². The molecule has 2 atom stereocenters. The number of hydrogen-bond donors (Lipinski definition) is 1. The van der Waals surface area contributed by atoms with E-state index in [1.54, 1.807) is 0 Å². The van der Waals surface area contributed by atoms with Crippen LogP contribution >= 0.6 is 0 Å². The van der Waals surface area contributed by atoms with Gasteiger partial charge in [0, 0.05) is 38.3 Å². The third-order valence-corrected chi connectivity index (χ3v) is 3.61. The number of hydrogen-bond acceptors (Lipinski definition) is 3. The lowest BCUT2D eigenvalue weighted by atomic mass is 9.92. The molecular weight excluding hydrogens is 224 g/mol. The van der Waals surface area contributed by atoms with E-state index in [1.165, 1.54) is 11.3 Å². The van der Waals surface area contributed by atoms with Crippen molar-refractivity contribution in [2.24, 2.45) is 5.92 Å². The van der Waals surface area contributed by atoms with Crippen LogP contribution in [0.3, 0.4) is 0 Å². The molecule has 1 aliphatic heterocycles. The Bertz CT molecular complexity index is 373. The van der Waals surface area contributed by atoms with Crippen LogP contribution in [0.2, 0.25) is 0 Å². The smallest absolute Gasteiger partial charge is 0.0513 e. The molecule has 100 valence electrons. The van der Waals surface area contributed by atoms with Gasteiger partial charge < -0.3 is 15.0 Å². The normalized spacial score (nSPS) is 20.9. The van der Waals surface area contributed by atoms with Crippen molar-refractivity contribution in [3.63, 3.8) is 0 Å². The molecule has 3 nitrogen and oxygen atoms in total. The summed E-state index contributed by atoms with van der Waals surface area (Å²) in [5.74, 6) is 0.599. The predicted molar refractivity (Wildman–Crippen MR) is 76.1 cm³/mol. The average molecular weight is 248 g/mol. The first-order valence-electron chi connectivity index (χ1n) is 6.80. The lowest BCUT2D eigenvalue weighted by Crippen LogP contribution is -2.28. The second-order valence-corrected chi connectivity index (χ2v) is 5.15. The highest BCUT2D eigenvalue weighted by molar-refractivity contribution is 5.48. The van der Waals surface area contributed by atoms with Crippen molar-refractivity contribution in [2.45, 2.75) is 19.4 Å². The molecule has 1 saturated heterocycles. The zero-order valence-corrected chi connectivity index (χ0v) is 11.6. The van der Waals surface area contributed by atoms with Gasteiger partial charge in [-0.15, -0.1) is 0 Å². The largest absolute Gasteiger partial charge is 0.381 e. The van der Waals surface area contributed by atoms with Gasteiger partial charge in [-0.2, -0.15) is 0 Å². The summed E-state index contributed by atoms with van der Waals surface area (Å²) in [6.45, 7) is 4.94. The van der Waals surface area contributed by atoms with Crippen molar-refractivity contribution >= 4 is 5.69 Å². The molecular formula is C15H24N2O. The Morgan fingerprint density at radius 2 is 2.28 bits per heavy atom. The van der Waals surface area contributed by atoms with E-state index in [2.05, 4.69) is 55.5 Å². The SMILES string of the molecule is CCNC(c1cccc(N(C)C)c1)C1CCOC1. The van der Waals surface area contributed by atoms with Gasteiger partial charge in [-0.3, -0.25) is 0 Å². The van der Waals surface area contributed by atoms with E-state index < -0.39 is 0 Å². The zero-order chi connectivity index (χ0) is 13.0. The maximum absolute atomic E-state index is 5.53. The molecule has 1 aliphatic rings. The highest BCUT2D eigenvalue weighted by atomic mass is 16.5. The van der Waals surface area contributed by atoms with Crippen LogP contribution in [-0.4, -0.2) is 33.9 Å². The van der Waals surface area contributed by atoms with Crippen molar-refractivity contribution in [3.05, 3.63) is 29.8 Å². The van der Waals surface area contributed by atoms with Gasteiger partial charge in [-0.05, 0) is 30.7 Å². The van der Waals surface area contributed by atoms with Crippen LogP contribution in [0.1, 0.15) is 24.9 Å². The fraction of sp³-hybridized carbons (Fsp3) is 0.600. The second kappa shape index (κ2) is 6.21. The first-order chi connectivity index (χ1) is 8.72. The van der Waals surface area contributed by atoms with Crippen LogP contribution in [-0.2, 0) is 4.74 Å². The Morgan fingerprint density at radius 1 is 1.44 bits per heavy atom. The monoisotopic (exact) mass is 248 g/mol. The minimum absolute atomic E-state index is 0.414. The lowest BCUT2D eigenvalue weighted by molar-refractivity contribution is 0.177. The van der Waals surface area contributed by atoms with Gasteiger partial charge >= 0.3 is 0 Å². The van der Waals surface area contributed by atoms with Crippen LogP contribution in [0.4, 0.5) is 5.69 Å². The van der Waals surface area contributed by atoms with Gasteiger partial charge in [0.05, 0.1) is 6.61 Å². The predicted octanol–water partition coefficient (Wildman–Crippen LogP) is 2.44. The molecule has 0 spiro atoms. The molecule has 0 aromatic heterocycles. The summed E-state index contributed by atoms with van der Waals surface area (Å²) in [5.41, 5.74) is 2.63. The molecule has 1 aromatic carbocycles. The number of benzene rings is 1. The number of rotatable bonds is 5. The summed E-state index contributed by atoms with van der Waals surface area (Å²) in [4.78, 5) is 2.15. The molecule has 2 rings (SSSR count). The average Bonchev–Trinajstić information content (AvgIpc) is 2.89. The first kappa shape index (κ1) is 13.4. The maximum atomic E-state index is 5.53. The summed E-state index contributed by atoms with van der Waals surface area (Å²) in [6.07, 6.45) is 1.16. The highest BCUT2D eigenvalue weighted by Gasteiger charge is 2.26. The van der Waals surface area contributed by atoms with E-state index in [4.69, 9.17) is 4.74 Å². The summed E-state index contributed by atoms with van der Waals surface area (Å²) in [6, 6.07) is 9.21. The van der Waals surface area contributed by atoms with Gasteiger partial charge in [-0.1, -0.05) is 19.1 Å². The Balaban J connectivity index is 2.21. The summed E-state index contributed by atoms with van der Waals surface area (Å²) >= 11 is 0. The van der Waals surface area contributed by atoms with Gasteiger partial charge in [0.2, 0.25) is 0 Å². The number of nitrogens with zero attached hydrogens (tertiary/aromatic N) is 1. The number of ether oxygens (including phenoxy) is 1. The molecule has 0 aliphatic carbocycles. The van der Waals surface area contributed by atoms with E-state index in [1.807, 2.05) is 0 Å². The molecule has 3 heteroatoms. The molecule has 18 heavy (non-hydrogen) atoms. The third kappa shape index (κ3) is 3.03. The van der Waals surface area contributed by atoms with Crippen molar-refractivity contribution in [1.82, 2.24) is 5.32 Å². The van der Waals surface area contributed by atoms with Crippen molar-refractivity contribution < 1.29 is 4.74 Å². The number of nitrogens with one attached hydrogen (secondary N) is 1. The van der Waals surface area contributed by atoms with Crippen molar-refractivity contribution in [1.29, 1.82) is 0 Å². The molecule has 1 aromatic rings. The summed E-state index contributed by atoms with van der Waals surface area (Å²) in [5, 5.41) is 3.61. The van der Waals surface area contributed by atoms with Gasteiger partial charge in [-0.25, -0.2) is 0 Å². The summed E-state index contributed by atoms with van der Waals surface area (Å²) < 4.78 is 5.53. The van der Waals surface area contributed by atoms with Crippen LogP contribution < -0.4 is 10.2 Å². The Kier molecular flexibility index (Phi) is 4.61. The van der Waals surface area contributed by atoms with Crippen LogP contribution in [0.25, 0.3) is 0 Å². The van der Waals surface area contributed by atoms with E-state index in [0.717, 1.165) is 26.2 Å². The van der Waals surface area contributed by atoms with Crippen LogP contribution in [0, 0.1) is 5.92 Å². The van der Waals surface area contributed by atoms with Crippen LogP contribution in [0.5, 0.6) is 0 Å². The lowest BCUT2D eigenvalue weighted by Gasteiger charge is -2.25. The Hall–Kier alpha value is -1.06. The van der Waals surface area contributed by atoms with E-state index in [9.17, 15) is 0 Å². The summed E-state index contributed by atoms with van der Waals surface area (Å²) in [7, 11) is 4.17. The number of anilines is 1. The first-order valence-corrected chi connectivity index (χ1v) is 6.80. The fourth-order valence-corrected chi connectivity index (χ4v) is 2.59. The fourth-order valence-electron chi connectivity index (χ4n) is 2.59. The van der Waals surface area contributed by atoms with Crippen LogP contribution in [0.15, 0.2) is 24.3 Å². The molecule has 0 amide bonds. The third-order valence-electron chi connectivity index (χ3n) is 3.61. The van der Waals surface area contributed by atoms with Gasteiger partial charge in [0.25, 0.3) is 0 Å². The maximum Gasteiger partial charge on any atom is 0.0513 e. The van der Waals surface area contributed by atoms with E-state index >= 15 is 0 Å². The molecule has 0 radical (unpaired) electrons. The second-order valence-electron chi connectivity index (χ2n) is 5.15. The molecule has 1 N–H and O–H groups in total. The Morgan fingerprint density at radius 3 is 2.89 bits per heavy atom. The Labute approximate surface area is 110 Å². The van der Waals surface area contributed by atoms with Gasteiger partial charge in [0.1, 0.15) is 0 Å².